The largest absolute Gasteiger partial charge is 0.269 e. The van der Waals surface area contributed by atoms with Crippen LogP contribution in [0.5, 0.6) is 0 Å². The summed E-state index contributed by atoms with van der Waals surface area (Å²) in [6, 6.07) is 6.03. The lowest BCUT2D eigenvalue weighted by Gasteiger charge is -2.05. The molecular weight excluding hydrogens is 260 g/mol. The first-order chi connectivity index (χ1) is 8.49. The molecule has 1 heterocycles. The van der Waals surface area contributed by atoms with E-state index >= 15 is 0 Å². The van der Waals surface area contributed by atoms with Gasteiger partial charge in [0.15, 0.2) is 0 Å². The quantitative estimate of drug-likeness (QED) is 0.636. The predicted molar refractivity (Wildman–Crippen MR) is 62.5 cm³/mol. The minimum Gasteiger partial charge on any atom is -0.264 e. The first kappa shape index (κ1) is 12.0. The van der Waals surface area contributed by atoms with Crippen molar-refractivity contribution in [3.8, 4) is 0 Å². The topological polar surface area (TPSA) is 118 Å². The van der Waals surface area contributed by atoms with Crippen LogP contribution in [0.1, 0.15) is 0 Å². The van der Waals surface area contributed by atoms with Crippen molar-refractivity contribution in [2.24, 2.45) is 0 Å². The van der Waals surface area contributed by atoms with Crippen LogP contribution in [0.4, 0.5) is 11.5 Å². The van der Waals surface area contributed by atoms with Crippen LogP contribution in [0.25, 0.3) is 0 Å². The van der Waals surface area contributed by atoms with Crippen LogP contribution in [-0.4, -0.2) is 23.5 Å². The molecular formula is C9H8N4O4S. The molecule has 0 spiro atoms. The van der Waals surface area contributed by atoms with E-state index in [1.165, 1.54) is 12.3 Å². The highest BCUT2D eigenvalue weighted by Gasteiger charge is 2.16. The molecule has 8 nitrogen and oxygen atoms in total. The zero-order valence-electron chi connectivity index (χ0n) is 8.90. The van der Waals surface area contributed by atoms with Crippen LogP contribution in [0.15, 0.2) is 41.4 Å². The summed E-state index contributed by atoms with van der Waals surface area (Å²) in [5.41, 5.74) is -0.171. The Kier molecular flexibility index (Phi) is 2.98. The van der Waals surface area contributed by atoms with Gasteiger partial charge in [-0.15, -0.1) is 0 Å². The Hall–Kier alpha value is -2.42. The van der Waals surface area contributed by atoms with Crippen LogP contribution < -0.4 is 4.72 Å². The molecule has 0 bridgehead atoms. The minimum absolute atomic E-state index is 0.0669. The van der Waals surface area contributed by atoms with Crippen LogP contribution in [0.2, 0.25) is 0 Å². The summed E-state index contributed by atoms with van der Waals surface area (Å²) in [5.74, 6) is 0.216. The third-order valence-corrected chi connectivity index (χ3v) is 3.48. The number of hydrogen-bond donors (Lipinski definition) is 2. The van der Waals surface area contributed by atoms with Gasteiger partial charge in [-0.3, -0.25) is 19.9 Å². The van der Waals surface area contributed by atoms with E-state index in [0.717, 1.165) is 24.3 Å². The highest BCUT2D eigenvalue weighted by Crippen LogP contribution is 2.17. The van der Waals surface area contributed by atoms with Crippen LogP contribution in [0.3, 0.4) is 0 Å². The third-order valence-electron chi connectivity index (χ3n) is 2.10. The molecule has 2 rings (SSSR count). The number of H-pyrrole nitrogens is 1. The molecule has 0 fully saturated rings. The molecule has 0 atom stereocenters. The van der Waals surface area contributed by atoms with Gasteiger partial charge < -0.3 is 0 Å². The lowest BCUT2D eigenvalue weighted by atomic mass is 10.3. The van der Waals surface area contributed by atoms with Gasteiger partial charge in [0.1, 0.15) is 5.82 Å². The Morgan fingerprint density at radius 3 is 2.39 bits per heavy atom. The van der Waals surface area contributed by atoms with Crippen molar-refractivity contribution >= 4 is 21.5 Å². The Bertz CT molecular complexity index is 648. The molecule has 0 aliphatic carbocycles. The standard InChI is InChI=1S/C9H8N4O4S/c14-13(15)7-1-3-8(4-2-7)18(16,17)12-9-5-6-10-11-9/h1-6H,(H2,10,11,12). The van der Waals surface area contributed by atoms with E-state index < -0.39 is 14.9 Å². The van der Waals surface area contributed by atoms with Gasteiger partial charge >= 0.3 is 0 Å². The summed E-state index contributed by atoms with van der Waals surface area (Å²) in [7, 11) is -3.77. The van der Waals surface area contributed by atoms with E-state index in [4.69, 9.17) is 0 Å². The molecule has 0 saturated heterocycles. The second-order valence-electron chi connectivity index (χ2n) is 3.33. The van der Waals surface area contributed by atoms with Crippen molar-refractivity contribution in [2.45, 2.75) is 4.90 Å². The molecule has 0 amide bonds. The first-order valence-electron chi connectivity index (χ1n) is 4.76. The fourth-order valence-electron chi connectivity index (χ4n) is 1.26. The Labute approximate surface area is 102 Å². The number of sulfonamides is 1. The van der Waals surface area contributed by atoms with Gasteiger partial charge in [-0.05, 0) is 12.1 Å². The molecule has 2 aromatic rings. The Morgan fingerprint density at radius 1 is 1.22 bits per heavy atom. The predicted octanol–water partition coefficient (Wildman–Crippen LogP) is 1.12. The molecule has 0 aliphatic rings. The number of aromatic nitrogens is 2. The molecule has 0 saturated carbocycles. The van der Waals surface area contributed by atoms with Gasteiger partial charge in [-0.1, -0.05) is 0 Å². The zero-order chi connectivity index (χ0) is 13.2. The van der Waals surface area contributed by atoms with E-state index in [1.807, 2.05) is 0 Å². The average Bonchev–Trinajstić information content (AvgIpc) is 2.81. The minimum atomic E-state index is -3.77. The molecule has 0 unspecified atom stereocenters. The van der Waals surface area contributed by atoms with Crippen LogP contribution in [0, 0.1) is 10.1 Å². The van der Waals surface area contributed by atoms with Gasteiger partial charge in [0.05, 0.1) is 16.0 Å². The maximum Gasteiger partial charge on any atom is 0.269 e. The van der Waals surface area contributed by atoms with Crippen molar-refractivity contribution in [1.29, 1.82) is 0 Å². The van der Waals surface area contributed by atoms with E-state index in [0.29, 0.717) is 0 Å². The number of aromatic amines is 1. The van der Waals surface area contributed by atoms with Gasteiger partial charge in [0.25, 0.3) is 15.7 Å². The Balaban J connectivity index is 2.27. The summed E-state index contributed by atoms with van der Waals surface area (Å²) in [6.45, 7) is 0. The molecule has 0 aliphatic heterocycles. The molecule has 0 radical (unpaired) electrons. The van der Waals surface area contributed by atoms with Crippen molar-refractivity contribution in [3.05, 3.63) is 46.6 Å². The molecule has 1 aromatic carbocycles. The van der Waals surface area contributed by atoms with Crippen molar-refractivity contribution in [1.82, 2.24) is 10.2 Å². The van der Waals surface area contributed by atoms with Crippen LogP contribution >= 0.6 is 0 Å². The van der Waals surface area contributed by atoms with Crippen molar-refractivity contribution in [2.75, 3.05) is 4.72 Å². The number of hydrogen-bond acceptors (Lipinski definition) is 5. The van der Waals surface area contributed by atoms with E-state index in [2.05, 4.69) is 14.9 Å². The van der Waals surface area contributed by atoms with E-state index in [1.54, 1.807) is 0 Å². The maximum absolute atomic E-state index is 11.9. The van der Waals surface area contributed by atoms with Crippen molar-refractivity contribution in [3.63, 3.8) is 0 Å². The number of non-ortho nitro benzene ring substituents is 1. The maximum atomic E-state index is 11.9. The molecule has 94 valence electrons. The van der Waals surface area contributed by atoms with Gasteiger partial charge in [0, 0.05) is 18.2 Å². The van der Waals surface area contributed by atoms with Crippen LogP contribution in [-0.2, 0) is 10.0 Å². The number of anilines is 1. The lowest BCUT2D eigenvalue weighted by molar-refractivity contribution is -0.384. The highest BCUT2D eigenvalue weighted by molar-refractivity contribution is 7.92. The Morgan fingerprint density at radius 2 is 1.89 bits per heavy atom. The first-order valence-corrected chi connectivity index (χ1v) is 6.24. The lowest BCUT2D eigenvalue weighted by Crippen LogP contribution is -2.13. The summed E-state index contributed by atoms with van der Waals surface area (Å²) < 4.78 is 26.0. The monoisotopic (exact) mass is 268 g/mol. The average molecular weight is 268 g/mol. The number of nitro groups is 1. The van der Waals surface area contributed by atoms with Gasteiger partial charge in [0.2, 0.25) is 0 Å². The summed E-state index contributed by atoms with van der Waals surface area (Å²) in [4.78, 5) is 9.78. The fraction of sp³-hybridized carbons (Fsp3) is 0. The smallest absolute Gasteiger partial charge is 0.264 e. The summed E-state index contributed by atoms with van der Waals surface area (Å²) in [6.07, 6.45) is 1.40. The number of nitro benzene ring substituents is 1. The second-order valence-corrected chi connectivity index (χ2v) is 5.01. The van der Waals surface area contributed by atoms with Crippen molar-refractivity contribution < 1.29 is 13.3 Å². The second kappa shape index (κ2) is 4.45. The molecule has 9 heteroatoms. The molecule has 2 N–H and O–H groups in total. The number of nitrogens with zero attached hydrogens (tertiary/aromatic N) is 2. The SMILES string of the molecule is O=[N+]([O-])c1ccc(S(=O)(=O)Nc2ccn[nH]2)cc1. The summed E-state index contributed by atoms with van der Waals surface area (Å²) >= 11 is 0. The summed E-state index contributed by atoms with van der Waals surface area (Å²) in [5, 5.41) is 16.5. The number of benzene rings is 1. The third kappa shape index (κ3) is 2.46. The number of rotatable bonds is 4. The van der Waals surface area contributed by atoms with E-state index in [-0.39, 0.29) is 16.4 Å². The normalized spacial score (nSPS) is 11.1. The van der Waals surface area contributed by atoms with Gasteiger partial charge in [-0.25, -0.2) is 8.42 Å². The van der Waals surface area contributed by atoms with Gasteiger partial charge in [-0.2, -0.15) is 5.10 Å². The highest BCUT2D eigenvalue weighted by atomic mass is 32.2. The molecule has 18 heavy (non-hydrogen) atoms. The van der Waals surface area contributed by atoms with E-state index in [9.17, 15) is 18.5 Å². The molecule has 1 aromatic heterocycles. The fourth-order valence-corrected chi connectivity index (χ4v) is 2.28. The zero-order valence-corrected chi connectivity index (χ0v) is 9.72. The number of nitrogens with one attached hydrogen (secondary N) is 2.